The molecule has 17 heavy (non-hydrogen) atoms. The fraction of sp³-hybridized carbons (Fsp3) is 0.667. The van der Waals surface area contributed by atoms with Crippen molar-refractivity contribution >= 4 is 5.82 Å². The molecule has 0 spiro atoms. The van der Waals surface area contributed by atoms with Crippen LogP contribution in [0.2, 0.25) is 0 Å². The number of aromatic nitrogens is 2. The van der Waals surface area contributed by atoms with Crippen LogP contribution < -0.4 is 10.6 Å². The molecule has 1 aromatic rings. The summed E-state index contributed by atoms with van der Waals surface area (Å²) in [4.78, 5) is 10.7. The SMILES string of the molecule is COCCN(CCN)c1cc(C(C)C)ncn1. The quantitative estimate of drug-likeness (QED) is 0.768. The van der Waals surface area contributed by atoms with E-state index in [1.54, 1.807) is 13.4 Å². The number of anilines is 1. The molecule has 96 valence electrons. The topological polar surface area (TPSA) is 64.3 Å². The van der Waals surface area contributed by atoms with E-state index in [1.165, 1.54) is 0 Å². The van der Waals surface area contributed by atoms with Crippen LogP contribution in [0.15, 0.2) is 12.4 Å². The van der Waals surface area contributed by atoms with Crippen molar-refractivity contribution in [2.75, 3.05) is 38.3 Å². The molecule has 0 radical (unpaired) electrons. The van der Waals surface area contributed by atoms with Gasteiger partial charge in [0, 0.05) is 38.5 Å². The number of ether oxygens (including phenoxy) is 1. The largest absolute Gasteiger partial charge is 0.383 e. The number of hydrogen-bond acceptors (Lipinski definition) is 5. The van der Waals surface area contributed by atoms with E-state index in [9.17, 15) is 0 Å². The normalized spacial score (nSPS) is 10.9. The molecule has 0 unspecified atom stereocenters. The molecule has 0 aliphatic rings. The smallest absolute Gasteiger partial charge is 0.132 e. The Labute approximate surface area is 103 Å². The minimum absolute atomic E-state index is 0.402. The van der Waals surface area contributed by atoms with Gasteiger partial charge >= 0.3 is 0 Å². The van der Waals surface area contributed by atoms with Crippen LogP contribution in [0.25, 0.3) is 0 Å². The number of methoxy groups -OCH3 is 1. The second-order valence-electron chi connectivity index (χ2n) is 4.22. The average molecular weight is 238 g/mol. The van der Waals surface area contributed by atoms with Gasteiger partial charge in [-0.3, -0.25) is 0 Å². The molecule has 0 aromatic carbocycles. The molecule has 1 heterocycles. The molecule has 2 N–H and O–H groups in total. The van der Waals surface area contributed by atoms with Gasteiger partial charge in [0.1, 0.15) is 12.1 Å². The first-order chi connectivity index (χ1) is 8.19. The van der Waals surface area contributed by atoms with Crippen LogP contribution in [-0.2, 0) is 4.74 Å². The van der Waals surface area contributed by atoms with Crippen molar-refractivity contribution in [1.29, 1.82) is 0 Å². The lowest BCUT2D eigenvalue weighted by molar-refractivity contribution is 0.205. The Balaban J connectivity index is 2.81. The van der Waals surface area contributed by atoms with Crippen molar-refractivity contribution in [3.63, 3.8) is 0 Å². The summed E-state index contributed by atoms with van der Waals surface area (Å²) in [5.74, 6) is 1.32. The summed E-state index contributed by atoms with van der Waals surface area (Å²) in [5.41, 5.74) is 6.66. The van der Waals surface area contributed by atoms with Crippen molar-refractivity contribution < 1.29 is 4.74 Å². The number of nitrogens with zero attached hydrogens (tertiary/aromatic N) is 3. The van der Waals surface area contributed by atoms with Crippen LogP contribution in [0.3, 0.4) is 0 Å². The lowest BCUT2D eigenvalue weighted by Crippen LogP contribution is -2.33. The van der Waals surface area contributed by atoms with Crippen molar-refractivity contribution in [3.05, 3.63) is 18.1 Å². The molecule has 1 aromatic heterocycles. The highest BCUT2D eigenvalue weighted by atomic mass is 16.5. The Hall–Kier alpha value is -1.20. The molecular weight excluding hydrogens is 216 g/mol. The summed E-state index contributed by atoms with van der Waals surface area (Å²) >= 11 is 0. The predicted molar refractivity (Wildman–Crippen MR) is 69.3 cm³/mol. The van der Waals surface area contributed by atoms with Crippen LogP contribution in [0.1, 0.15) is 25.5 Å². The second-order valence-corrected chi connectivity index (χ2v) is 4.22. The second kappa shape index (κ2) is 7.19. The summed E-state index contributed by atoms with van der Waals surface area (Å²) in [7, 11) is 1.69. The van der Waals surface area contributed by atoms with Crippen molar-refractivity contribution in [2.24, 2.45) is 5.73 Å². The van der Waals surface area contributed by atoms with Crippen molar-refractivity contribution in [1.82, 2.24) is 9.97 Å². The zero-order valence-electron chi connectivity index (χ0n) is 10.9. The van der Waals surface area contributed by atoms with Crippen LogP contribution >= 0.6 is 0 Å². The minimum atomic E-state index is 0.402. The van der Waals surface area contributed by atoms with Gasteiger partial charge in [0.15, 0.2) is 0 Å². The maximum Gasteiger partial charge on any atom is 0.132 e. The minimum Gasteiger partial charge on any atom is -0.383 e. The predicted octanol–water partition coefficient (Wildman–Crippen LogP) is 1.01. The first kappa shape index (κ1) is 13.9. The van der Waals surface area contributed by atoms with Gasteiger partial charge in [-0.25, -0.2) is 9.97 Å². The fourth-order valence-corrected chi connectivity index (χ4v) is 1.55. The Morgan fingerprint density at radius 3 is 2.71 bits per heavy atom. The van der Waals surface area contributed by atoms with Gasteiger partial charge in [-0.05, 0) is 5.92 Å². The standard InChI is InChI=1S/C12H22N4O/c1-10(2)11-8-12(15-9-14-11)16(5-4-13)6-7-17-3/h8-10H,4-7,13H2,1-3H3. The van der Waals surface area contributed by atoms with Gasteiger partial charge in [0.2, 0.25) is 0 Å². The molecule has 0 aliphatic heterocycles. The van der Waals surface area contributed by atoms with Gasteiger partial charge in [0.25, 0.3) is 0 Å². The number of nitrogens with two attached hydrogens (primary N) is 1. The molecule has 0 saturated carbocycles. The summed E-state index contributed by atoms with van der Waals surface area (Å²) in [6.07, 6.45) is 1.61. The van der Waals surface area contributed by atoms with E-state index >= 15 is 0 Å². The third-order valence-electron chi connectivity index (χ3n) is 2.55. The Bertz CT molecular complexity index is 330. The van der Waals surface area contributed by atoms with Crippen LogP contribution in [0, 0.1) is 0 Å². The summed E-state index contributed by atoms with van der Waals surface area (Å²) in [6, 6.07) is 2.02. The van der Waals surface area contributed by atoms with E-state index in [4.69, 9.17) is 10.5 Å². The summed E-state index contributed by atoms with van der Waals surface area (Å²) in [5, 5.41) is 0. The monoisotopic (exact) mass is 238 g/mol. The highest BCUT2D eigenvalue weighted by molar-refractivity contribution is 5.39. The first-order valence-electron chi connectivity index (χ1n) is 5.95. The molecule has 0 amide bonds. The number of hydrogen-bond donors (Lipinski definition) is 1. The highest BCUT2D eigenvalue weighted by Gasteiger charge is 2.09. The first-order valence-corrected chi connectivity index (χ1v) is 5.95. The summed E-state index contributed by atoms with van der Waals surface area (Å²) < 4.78 is 5.09. The van der Waals surface area contributed by atoms with Gasteiger partial charge in [-0.15, -0.1) is 0 Å². The van der Waals surface area contributed by atoms with Crippen molar-refractivity contribution in [3.8, 4) is 0 Å². The molecule has 5 heteroatoms. The van der Waals surface area contributed by atoms with Crippen LogP contribution in [-0.4, -0.2) is 43.3 Å². The van der Waals surface area contributed by atoms with Gasteiger partial charge in [-0.1, -0.05) is 13.8 Å². The fourth-order valence-electron chi connectivity index (χ4n) is 1.55. The van der Waals surface area contributed by atoms with E-state index in [-0.39, 0.29) is 0 Å². The molecule has 0 bridgehead atoms. The van der Waals surface area contributed by atoms with E-state index in [0.29, 0.717) is 19.1 Å². The summed E-state index contributed by atoms with van der Waals surface area (Å²) in [6.45, 7) is 7.08. The molecule has 0 saturated heterocycles. The molecule has 0 fully saturated rings. The van der Waals surface area contributed by atoms with Gasteiger partial charge in [-0.2, -0.15) is 0 Å². The zero-order valence-corrected chi connectivity index (χ0v) is 10.9. The van der Waals surface area contributed by atoms with Crippen LogP contribution in [0.5, 0.6) is 0 Å². The molecule has 0 aliphatic carbocycles. The average Bonchev–Trinajstić information content (AvgIpc) is 2.34. The Kier molecular flexibility index (Phi) is 5.86. The van der Waals surface area contributed by atoms with Gasteiger partial charge in [0.05, 0.1) is 6.61 Å². The van der Waals surface area contributed by atoms with E-state index in [2.05, 4.69) is 28.7 Å². The van der Waals surface area contributed by atoms with Gasteiger partial charge < -0.3 is 15.4 Å². The zero-order chi connectivity index (χ0) is 12.7. The Morgan fingerprint density at radius 1 is 1.35 bits per heavy atom. The van der Waals surface area contributed by atoms with E-state index in [1.807, 2.05) is 6.07 Å². The molecule has 1 rings (SSSR count). The maximum atomic E-state index is 5.61. The molecule has 5 nitrogen and oxygen atoms in total. The Morgan fingerprint density at radius 2 is 2.12 bits per heavy atom. The molecule has 0 atom stereocenters. The third kappa shape index (κ3) is 4.28. The van der Waals surface area contributed by atoms with Crippen LogP contribution in [0.4, 0.5) is 5.82 Å². The van der Waals surface area contributed by atoms with E-state index < -0.39 is 0 Å². The number of rotatable bonds is 7. The highest BCUT2D eigenvalue weighted by Crippen LogP contribution is 2.16. The lowest BCUT2D eigenvalue weighted by atomic mass is 10.1. The third-order valence-corrected chi connectivity index (χ3v) is 2.55. The maximum absolute atomic E-state index is 5.61. The van der Waals surface area contributed by atoms with Crippen molar-refractivity contribution in [2.45, 2.75) is 19.8 Å². The lowest BCUT2D eigenvalue weighted by Gasteiger charge is -2.23. The van der Waals surface area contributed by atoms with E-state index in [0.717, 1.165) is 24.6 Å². The molecular formula is C12H22N4O.